The standard InChI is InChI=1S/C24H33F5N2O2SSi/c1-21(2,3)34(32)31-23(24(27,28)29,17-10-11-18(25)19(26)13-17)20-12-9-16(14-30-20)15-33-35(7,8)22(4,5)6/h9-14,31H,15H2,1-8H3/t23-,34?/m1/s1. The highest BCUT2D eigenvalue weighted by Gasteiger charge is 2.62. The van der Waals surface area contributed by atoms with Crippen molar-refractivity contribution in [2.45, 2.75) is 82.7 Å². The fourth-order valence-electron chi connectivity index (χ4n) is 2.86. The van der Waals surface area contributed by atoms with Crippen LogP contribution in [0.2, 0.25) is 18.1 Å². The van der Waals surface area contributed by atoms with Gasteiger partial charge in [-0.05, 0) is 68.2 Å². The van der Waals surface area contributed by atoms with Crippen molar-refractivity contribution >= 4 is 19.7 Å². The van der Waals surface area contributed by atoms with Crippen molar-refractivity contribution in [3.8, 4) is 0 Å². The second-order valence-electron chi connectivity index (χ2n) is 11.0. The molecule has 0 fully saturated rings. The Balaban J connectivity index is 2.61. The zero-order valence-electron chi connectivity index (χ0n) is 21.2. The predicted octanol–water partition coefficient (Wildman–Crippen LogP) is 6.74. The second-order valence-corrected chi connectivity index (χ2v) is 17.7. The zero-order valence-corrected chi connectivity index (χ0v) is 23.0. The lowest BCUT2D eigenvalue weighted by Crippen LogP contribution is -2.60. The molecule has 2 atom stereocenters. The lowest BCUT2D eigenvalue weighted by Gasteiger charge is -2.38. The number of rotatable bonds is 7. The van der Waals surface area contributed by atoms with Gasteiger partial charge in [0.2, 0.25) is 5.54 Å². The van der Waals surface area contributed by atoms with Crippen LogP contribution >= 0.6 is 0 Å². The van der Waals surface area contributed by atoms with Gasteiger partial charge in [-0.1, -0.05) is 32.9 Å². The highest BCUT2D eigenvalue weighted by molar-refractivity contribution is 7.90. The lowest BCUT2D eigenvalue weighted by molar-refractivity contribution is -0.182. The van der Waals surface area contributed by atoms with Crippen LogP contribution in [0, 0.1) is 11.6 Å². The number of alkyl halides is 3. The minimum Gasteiger partial charge on any atom is -0.598 e. The van der Waals surface area contributed by atoms with Crippen LogP contribution in [0.4, 0.5) is 22.0 Å². The normalized spacial score (nSPS) is 16.2. The lowest BCUT2D eigenvalue weighted by atomic mass is 9.86. The molecule has 0 bridgehead atoms. The molecule has 2 aromatic rings. The summed E-state index contributed by atoms with van der Waals surface area (Å²) >= 11 is -2.24. The molecule has 0 saturated heterocycles. The molecule has 0 aliphatic heterocycles. The Bertz CT molecular complexity index is 1020. The third-order valence-corrected chi connectivity index (χ3v) is 12.3. The summed E-state index contributed by atoms with van der Waals surface area (Å²) in [5.41, 5.74) is -3.82. The van der Waals surface area contributed by atoms with Gasteiger partial charge < -0.3 is 8.98 Å². The maximum atomic E-state index is 14.8. The molecular formula is C24H33F5N2O2SSi. The van der Waals surface area contributed by atoms with Crippen LogP contribution in [-0.4, -0.2) is 28.8 Å². The molecule has 2 rings (SSSR count). The summed E-state index contributed by atoms with van der Waals surface area (Å²) in [6, 6.07) is 4.46. The quantitative estimate of drug-likeness (QED) is 0.242. The fraction of sp³-hybridized carbons (Fsp3) is 0.542. The second kappa shape index (κ2) is 10.1. The van der Waals surface area contributed by atoms with Crippen molar-refractivity contribution in [2.75, 3.05) is 0 Å². The predicted molar refractivity (Wildman–Crippen MR) is 130 cm³/mol. The Morgan fingerprint density at radius 3 is 2.00 bits per heavy atom. The van der Waals surface area contributed by atoms with Crippen LogP contribution in [0.5, 0.6) is 0 Å². The summed E-state index contributed by atoms with van der Waals surface area (Å²) in [6.45, 7) is 15.0. The Kier molecular flexibility index (Phi) is 8.55. The molecule has 0 radical (unpaired) electrons. The Labute approximate surface area is 208 Å². The molecule has 4 nitrogen and oxygen atoms in total. The highest BCUT2D eigenvalue weighted by Crippen LogP contribution is 2.45. The Morgan fingerprint density at radius 1 is 0.971 bits per heavy atom. The van der Waals surface area contributed by atoms with Crippen molar-refractivity contribution in [2.24, 2.45) is 0 Å². The summed E-state index contributed by atoms with van der Waals surface area (Å²) in [7, 11) is -2.11. The van der Waals surface area contributed by atoms with Crippen molar-refractivity contribution in [3.05, 3.63) is 65.0 Å². The van der Waals surface area contributed by atoms with Gasteiger partial charge in [0.15, 0.2) is 20.0 Å². The smallest absolute Gasteiger partial charge is 0.420 e. The summed E-state index contributed by atoms with van der Waals surface area (Å²) < 4.78 is 92.1. The molecule has 0 amide bonds. The molecule has 196 valence electrons. The third-order valence-electron chi connectivity index (χ3n) is 6.19. The van der Waals surface area contributed by atoms with E-state index in [0.29, 0.717) is 17.7 Å². The van der Waals surface area contributed by atoms with E-state index in [-0.39, 0.29) is 11.6 Å². The maximum absolute atomic E-state index is 14.8. The summed E-state index contributed by atoms with van der Waals surface area (Å²) in [4.78, 5) is 4.05. The molecule has 0 aliphatic carbocycles. The molecule has 35 heavy (non-hydrogen) atoms. The van der Waals surface area contributed by atoms with Crippen LogP contribution in [0.25, 0.3) is 0 Å². The first-order chi connectivity index (χ1) is 15.7. The van der Waals surface area contributed by atoms with E-state index in [2.05, 4.69) is 43.6 Å². The van der Waals surface area contributed by atoms with E-state index in [9.17, 15) is 26.5 Å². The first-order valence-corrected chi connectivity index (χ1v) is 15.1. The van der Waals surface area contributed by atoms with Crippen molar-refractivity contribution in [1.29, 1.82) is 0 Å². The van der Waals surface area contributed by atoms with Gasteiger partial charge in [0, 0.05) is 17.6 Å². The average Bonchev–Trinajstić information content (AvgIpc) is 2.70. The first-order valence-electron chi connectivity index (χ1n) is 11.0. The first kappa shape index (κ1) is 29.7. The van der Waals surface area contributed by atoms with Gasteiger partial charge in [0.25, 0.3) is 0 Å². The van der Waals surface area contributed by atoms with Crippen molar-refractivity contribution in [3.63, 3.8) is 0 Å². The molecule has 0 aliphatic rings. The van der Waals surface area contributed by atoms with E-state index in [1.807, 2.05) is 0 Å². The van der Waals surface area contributed by atoms with E-state index < -0.39 is 59.0 Å². The van der Waals surface area contributed by atoms with Crippen molar-refractivity contribution in [1.82, 2.24) is 9.71 Å². The number of aromatic nitrogens is 1. The maximum Gasteiger partial charge on any atom is 0.420 e. The summed E-state index contributed by atoms with van der Waals surface area (Å²) in [5, 5.41) is -0.0561. The van der Waals surface area contributed by atoms with Crippen molar-refractivity contribution < 1.29 is 30.9 Å². The average molecular weight is 537 g/mol. The minimum atomic E-state index is -5.11. The van der Waals surface area contributed by atoms with Crippen LogP contribution in [0.15, 0.2) is 36.5 Å². The van der Waals surface area contributed by atoms with E-state index in [1.54, 1.807) is 0 Å². The molecule has 11 heteroatoms. The van der Waals surface area contributed by atoms with Gasteiger partial charge in [-0.25, -0.2) is 8.78 Å². The van der Waals surface area contributed by atoms with E-state index in [1.165, 1.54) is 33.0 Å². The SMILES string of the molecule is CC(C)(C)[S+]([O-])N[C@](c1ccc(F)c(F)c1)(c1ccc(CO[Si](C)(C)C(C)(C)C)cn1)C(F)(F)F. The van der Waals surface area contributed by atoms with Crippen LogP contribution < -0.4 is 4.72 Å². The van der Waals surface area contributed by atoms with Gasteiger partial charge in [0.05, 0.1) is 12.3 Å². The number of halogens is 5. The van der Waals surface area contributed by atoms with Gasteiger partial charge >= 0.3 is 6.18 Å². The molecular weight excluding hydrogens is 503 g/mol. The molecule has 1 aromatic heterocycles. The van der Waals surface area contributed by atoms with Gasteiger partial charge in [0.1, 0.15) is 4.75 Å². The number of benzene rings is 1. The zero-order chi connectivity index (χ0) is 27.0. The van der Waals surface area contributed by atoms with E-state index >= 15 is 0 Å². The van der Waals surface area contributed by atoms with Gasteiger partial charge in [-0.3, -0.25) is 4.98 Å². The molecule has 0 spiro atoms. The third kappa shape index (κ3) is 6.43. The Morgan fingerprint density at radius 2 is 1.57 bits per heavy atom. The number of nitrogens with zero attached hydrogens (tertiary/aromatic N) is 1. The summed E-state index contributed by atoms with van der Waals surface area (Å²) in [6.07, 6.45) is -3.85. The van der Waals surface area contributed by atoms with Crippen LogP contribution in [-0.2, 0) is 27.9 Å². The number of nitrogens with one attached hydrogen (secondary N) is 1. The summed E-state index contributed by atoms with van der Waals surface area (Å²) in [5.74, 6) is -2.76. The molecule has 0 saturated carbocycles. The molecule has 1 N–H and O–H groups in total. The fourth-order valence-corrected chi connectivity index (χ4v) is 4.74. The van der Waals surface area contributed by atoms with Crippen LogP contribution in [0.3, 0.4) is 0 Å². The topological polar surface area (TPSA) is 57.2 Å². The monoisotopic (exact) mass is 536 g/mol. The molecule has 1 heterocycles. The number of pyridine rings is 1. The van der Waals surface area contributed by atoms with E-state index in [4.69, 9.17) is 4.43 Å². The van der Waals surface area contributed by atoms with Crippen LogP contribution in [0.1, 0.15) is 58.4 Å². The number of hydrogen-bond acceptors (Lipinski definition) is 4. The largest absolute Gasteiger partial charge is 0.598 e. The molecule has 1 aromatic carbocycles. The molecule has 1 unspecified atom stereocenters. The number of hydrogen-bond donors (Lipinski definition) is 1. The highest BCUT2D eigenvalue weighted by atomic mass is 32.2. The Hall–Kier alpha value is -1.53. The van der Waals surface area contributed by atoms with Gasteiger partial charge in [-0.2, -0.15) is 13.2 Å². The van der Waals surface area contributed by atoms with Gasteiger partial charge in [-0.15, -0.1) is 4.72 Å². The minimum absolute atomic E-state index is 0.0561. The van der Waals surface area contributed by atoms with E-state index in [0.717, 1.165) is 12.1 Å².